The normalized spacial score (nSPS) is 33.0. The van der Waals surface area contributed by atoms with Crippen LogP contribution >= 0.6 is 11.8 Å². The SMILES string of the molecule is C1CC2(CN1)CSC2. The summed E-state index contributed by atoms with van der Waals surface area (Å²) in [5.74, 6) is 2.83. The van der Waals surface area contributed by atoms with E-state index in [1.807, 2.05) is 0 Å². The molecule has 0 amide bonds. The zero-order chi connectivity index (χ0) is 5.45. The number of rotatable bonds is 0. The van der Waals surface area contributed by atoms with Gasteiger partial charge in [-0.25, -0.2) is 0 Å². The van der Waals surface area contributed by atoms with Crippen molar-refractivity contribution >= 4 is 11.8 Å². The second-order valence-electron chi connectivity index (χ2n) is 2.92. The monoisotopic (exact) mass is 129 g/mol. The maximum atomic E-state index is 3.40. The van der Waals surface area contributed by atoms with Gasteiger partial charge >= 0.3 is 0 Å². The maximum Gasteiger partial charge on any atom is 0.00241 e. The van der Waals surface area contributed by atoms with E-state index in [1.165, 1.54) is 31.0 Å². The Balaban J connectivity index is 2.01. The maximum absolute atomic E-state index is 3.40. The van der Waals surface area contributed by atoms with Crippen LogP contribution in [0.1, 0.15) is 6.42 Å². The van der Waals surface area contributed by atoms with E-state index in [2.05, 4.69) is 17.1 Å². The lowest BCUT2D eigenvalue weighted by atomic mass is 9.91. The minimum absolute atomic E-state index is 0.769. The lowest BCUT2D eigenvalue weighted by Crippen LogP contribution is -2.37. The summed E-state index contributed by atoms with van der Waals surface area (Å²) in [6, 6.07) is 0. The molecule has 0 saturated carbocycles. The molecule has 8 heavy (non-hydrogen) atoms. The molecule has 2 saturated heterocycles. The van der Waals surface area contributed by atoms with Gasteiger partial charge in [0.2, 0.25) is 0 Å². The zero-order valence-corrected chi connectivity index (χ0v) is 5.76. The zero-order valence-electron chi connectivity index (χ0n) is 4.94. The van der Waals surface area contributed by atoms with Crippen LogP contribution in [0.5, 0.6) is 0 Å². The van der Waals surface area contributed by atoms with Crippen molar-refractivity contribution < 1.29 is 0 Å². The highest BCUT2D eigenvalue weighted by Crippen LogP contribution is 2.42. The number of thioether (sulfide) groups is 1. The van der Waals surface area contributed by atoms with E-state index in [0.29, 0.717) is 0 Å². The smallest absolute Gasteiger partial charge is 0.00241 e. The fraction of sp³-hybridized carbons (Fsp3) is 1.00. The number of hydrogen-bond donors (Lipinski definition) is 1. The Labute approximate surface area is 54.2 Å². The van der Waals surface area contributed by atoms with Crippen LogP contribution in [0.2, 0.25) is 0 Å². The van der Waals surface area contributed by atoms with Gasteiger partial charge in [-0.1, -0.05) is 0 Å². The molecule has 1 nitrogen and oxygen atoms in total. The molecular formula is C6H11NS. The molecular weight excluding hydrogens is 118 g/mol. The van der Waals surface area contributed by atoms with Crippen molar-refractivity contribution in [3.8, 4) is 0 Å². The van der Waals surface area contributed by atoms with Crippen molar-refractivity contribution in [1.29, 1.82) is 0 Å². The van der Waals surface area contributed by atoms with Gasteiger partial charge < -0.3 is 5.32 Å². The molecule has 2 fully saturated rings. The van der Waals surface area contributed by atoms with Crippen LogP contribution in [-0.4, -0.2) is 24.6 Å². The molecule has 0 bridgehead atoms. The third-order valence-corrected chi connectivity index (χ3v) is 3.78. The molecule has 2 rings (SSSR count). The molecule has 0 aromatic carbocycles. The number of nitrogens with one attached hydrogen (secondary N) is 1. The minimum atomic E-state index is 0.769. The van der Waals surface area contributed by atoms with Gasteiger partial charge in [0.25, 0.3) is 0 Å². The van der Waals surface area contributed by atoms with E-state index < -0.39 is 0 Å². The Hall–Kier alpha value is 0.310. The summed E-state index contributed by atoms with van der Waals surface area (Å²) in [5.41, 5.74) is 0.769. The average Bonchev–Trinajstić information content (AvgIpc) is 2.07. The van der Waals surface area contributed by atoms with Gasteiger partial charge in [0.15, 0.2) is 0 Å². The van der Waals surface area contributed by atoms with Crippen LogP contribution in [0, 0.1) is 5.41 Å². The first kappa shape index (κ1) is 5.12. The van der Waals surface area contributed by atoms with Crippen molar-refractivity contribution in [2.45, 2.75) is 6.42 Å². The topological polar surface area (TPSA) is 12.0 Å². The highest BCUT2D eigenvalue weighted by atomic mass is 32.2. The van der Waals surface area contributed by atoms with Gasteiger partial charge in [-0.2, -0.15) is 11.8 Å². The van der Waals surface area contributed by atoms with Crippen LogP contribution in [-0.2, 0) is 0 Å². The van der Waals surface area contributed by atoms with Gasteiger partial charge in [-0.3, -0.25) is 0 Å². The molecule has 2 heteroatoms. The van der Waals surface area contributed by atoms with Crippen molar-refractivity contribution in [1.82, 2.24) is 5.32 Å². The summed E-state index contributed by atoms with van der Waals surface area (Å²) in [5, 5.41) is 3.40. The molecule has 0 radical (unpaired) electrons. The molecule has 2 aliphatic heterocycles. The lowest BCUT2D eigenvalue weighted by molar-refractivity contribution is 0.407. The van der Waals surface area contributed by atoms with E-state index in [-0.39, 0.29) is 0 Å². The standard InChI is InChI=1S/C6H11NS/c1-2-7-3-6(1)4-8-5-6/h7H,1-5H2. The quantitative estimate of drug-likeness (QED) is 0.517. The Morgan fingerprint density at radius 2 is 2.25 bits per heavy atom. The summed E-state index contributed by atoms with van der Waals surface area (Å²) in [6.45, 7) is 2.56. The van der Waals surface area contributed by atoms with Crippen molar-refractivity contribution in [2.75, 3.05) is 24.6 Å². The lowest BCUT2D eigenvalue weighted by Gasteiger charge is -2.36. The fourth-order valence-corrected chi connectivity index (χ4v) is 2.71. The Morgan fingerprint density at radius 1 is 1.38 bits per heavy atom. The molecule has 0 aromatic rings. The molecule has 2 aliphatic rings. The summed E-state index contributed by atoms with van der Waals surface area (Å²) in [7, 11) is 0. The van der Waals surface area contributed by atoms with Gasteiger partial charge in [0.1, 0.15) is 0 Å². The second kappa shape index (κ2) is 1.64. The molecule has 2 heterocycles. The first-order valence-corrected chi connectivity index (χ1v) is 4.35. The molecule has 1 N–H and O–H groups in total. The van der Waals surface area contributed by atoms with Crippen LogP contribution < -0.4 is 5.32 Å². The molecule has 46 valence electrons. The van der Waals surface area contributed by atoms with Crippen LogP contribution in [0.15, 0.2) is 0 Å². The van der Waals surface area contributed by atoms with Crippen molar-refractivity contribution in [3.63, 3.8) is 0 Å². The summed E-state index contributed by atoms with van der Waals surface area (Å²) in [4.78, 5) is 0. The van der Waals surface area contributed by atoms with Crippen molar-refractivity contribution in [3.05, 3.63) is 0 Å². The Morgan fingerprint density at radius 3 is 2.50 bits per heavy atom. The second-order valence-corrected chi connectivity index (χ2v) is 3.91. The largest absolute Gasteiger partial charge is 0.316 e. The Bertz CT molecular complexity index is 90.7. The average molecular weight is 129 g/mol. The van der Waals surface area contributed by atoms with E-state index in [0.717, 1.165) is 5.41 Å². The third-order valence-electron chi connectivity index (χ3n) is 2.15. The third kappa shape index (κ3) is 0.594. The first-order valence-electron chi connectivity index (χ1n) is 3.20. The van der Waals surface area contributed by atoms with E-state index in [9.17, 15) is 0 Å². The molecule has 0 unspecified atom stereocenters. The summed E-state index contributed by atoms with van der Waals surface area (Å²) in [6.07, 6.45) is 1.43. The van der Waals surface area contributed by atoms with Crippen LogP contribution in [0.3, 0.4) is 0 Å². The van der Waals surface area contributed by atoms with Crippen LogP contribution in [0.25, 0.3) is 0 Å². The molecule has 1 spiro atoms. The fourth-order valence-electron chi connectivity index (χ4n) is 1.43. The van der Waals surface area contributed by atoms with Gasteiger partial charge in [-0.05, 0) is 13.0 Å². The van der Waals surface area contributed by atoms with E-state index in [4.69, 9.17) is 0 Å². The van der Waals surface area contributed by atoms with Crippen LogP contribution in [0.4, 0.5) is 0 Å². The molecule has 0 atom stereocenters. The molecule has 0 aliphatic carbocycles. The van der Waals surface area contributed by atoms with E-state index in [1.54, 1.807) is 0 Å². The minimum Gasteiger partial charge on any atom is -0.316 e. The van der Waals surface area contributed by atoms with Gasteiger partial charge in [0, 0.05) is 23.5 Å². The highest BCUT2D eigenvalue weighted by molar-refractivity contribution is 8.00. The number of hydrogen-bond acceptors (Lipinski definition) is 2. The first-order chi connectivity index (χ1) is 3.91. The molecule has 0 aromatic heterocycles. The summed E-state index contributed by atoms with van der Waals surface area (Å²) < 4.78 is 0. The highest BCUT2D eigenvalue weighted by Gasteiger charge is 2.39. The van der Waals surface area contributed by atoms with Gasteiger partial charge in [0.05, 0.1) is 0 Å². The summed E-state index contributed by atoms with van der Waals surface area (Å²) >= 11 is 2.09. The van der Waals surface area contributed by atoms with Crippen molar-refractivity contribution in [2.24, 2.45) is 5.41 Å². The van der Waals surface area contributed by atoms with Gasteiger partial charge in [-0.15, -0.1) is 0 Å². The predicted molar refractivity (Wildman–Crippen MR) is 37.2 cm³/mol. The van der Waals surface area contributed by atoms with E-state index >= 15 is 0 Å². The predicted octanol–water partition coefficient (Wildman–Crippen LogP) is 0.713. The Kier molecular flexibility index (Phi) is 1.05.